The lowest BCUT2D eigenvalue weighted by atomic mass is 10.1. The van der Waals surface area contributed by atoms with E-state index in [4.69, 9.17) is 4.74 Å². The Morgan fingerprint density at radius 1 is 1.07 bits per heavy atom. The van der Waals surface area contributed by atoms with Crippen molar-refractivity contribution in [3.8, 4) is 0 Å². The third-order valence-electron chi connectivity index (χ3n) is 4.50. The van der Waals surface area contributed by atoms with Crippen LogP contribution in [0.4, 0.5) is 5.69 Å². The lowest BCUT2D eigenvalue weighted by Crippen LogP contribution is -2.35. The van der Waals surface area contributed by atoms with Gasteiger partial charge in [0.25, 0.3) is 5.91 Å². The van der Waals surface area contributed by atoms with Crippen LogP contribution >= 0.6 is 0 Å². The van der Waals surface area contributed by atoms with E-state index in [1.807, 2.05) is 18.2 Å². The number of carbonyl (C=O) groups excluding carboxylic acids is 2. The molecule has 2 aromatic rings. The van der Waals surface area contributed by atoms with Crippen molar-refractivity contribution in [1.82, 2.24) is 4.72 Å². The minimum Gasteiger partial charge on any atom is -0.452 e. The van der Waals surface area contributed by atoms with E-state index in [9.17, 15) is 18.0 Å². The molecule has 0 aliphatic heterocycles. The Morgan fingerprint density at radius 3 is 2.54 bits per heavy atom. The van der Waals surface area contributed by atoms with Gasteiger partial charge in [-0.15, -0.1) is 0 Å². The number of amides is 1. The molecule has 1 atom stereocenters. The maximum absolute atomic E-state index is 12.2. The molecule has 0 saturated carbocycles. The molecule has 148 valence electrons. The van der Waals surface area contributed by atoms with Crippen LogP contribution in [0.25, 0.3) is 0 Å². The highest BCUT2D eigenvalue weighted by Gasteiger charge is 2.21. The van der Waals surface area contributed by atoms with Crippen molar-refractivity contribution >= 4 is 27.6 Å². The highest BCUT2D eigenvalue weighted by Crippen LogP contribution is 2.25. The fourth-order valence-corrected chi connectivity index (χ4v) is 4.01. The maximum atomic E-state index is 12.2. The van der Waals surface area contributed by atoms with E-state index in [0.717, 1.165) is 19.3 Å². The van der Waals surface area contributed by atoms with E-state index in [-0.39, 0.29) is 4.90 Å². The third kappa shape index (κ3) is 4.96. The molecular weight excluding hydrogens is 380 g/mol. The Hall–Kier alpha value is -2.71. The predicted molar refractivity (Wildman–Crippen MR) is 104 cm³/mol. The van der Waals surface area contributed by atoms with Crippen LogP contribution in [0.5, 0.6) is 0 Å². The Morgan fingerprint density at radius 2 is 1.79 bits per heavy atom. The number of carbonyl (C=O) groups is 2. The number of esters is 1. The third-order valence-corrected chi connectivity index (χ3v) is 5.92. The smallest absolute Gasteiger partial charge is 0.321 e. The van der Waals surface area contributed by atoms with Crippen molar-refractivity contribution in [2.24, 2.45) is 0 Å². The van der Waals surface area contributed by atoms with Gasteiger partial charge in [-0.25, -0.2) is 8.42 Å². The van der Waals surface area contributed by atoms with Crippen molar-refractivity contribution in [3.63, 3.8) is 0 Å². The van der Waals surface area contributed by atoms with Gasteiger partial charge >= 0.3 is 5.97 Å². The second-order valence-electron chi connectivity index (χ2n) is 6.60. The number of benzene rings is 2. The fraction of sp³-hybridized carbons (Fsp3) is 0.300. The van der Waals surface area contributed by atoms with Gasteiger partial charge in [0.2, 0.25) is 10.0 Å². The number of aryl methyl sites for hydroxylation is 2. The van der Waals surface area contributed by atoms with E-state index < -0.39 is 34.5 Å². The predicted octanol–water partition coefficient (Wildman–Crippen LogP) is 2.02. The number of fused-ring (bicyclic) bond motifs is 1. The minimum atomic E-state index is -3.82. The van der Waals surface area contributed by atoms with Crippen molar-refractivity contribution < 1.29 is 22.7 Å². The van der Waals surface area contributed by atoms with Crippen LogP contribution in [-0.2, 0) is 37.2 Å². The number of anilines is 1. The molecule has 0 radical (unpaired) electrons. The Bertz CT molecular complexity index is 973. The molecule has 0 spiro atoms. The summed E-state index contributed by atoms with van der Waals surface area (Å²) in [5.74, 6) is -1.31. The van der Waals surface area contributed by atoms with E-state index in [0.29, 0.717) is 5.69 Å². The van der Waals surface area contributed by atoms with Crippen LogP contribution in [0.1, 0.15) is 24.5 Å². The van der Waals surface area contributed by atoms with Crippen molar-refractivity contribution in [2.45, 2.75) is 37.2 Å². The Labute approximate surface area is 164 Å². The van der Waals surface area contributed by atoms with E-state index in [1.54, 1.807) is 18.2 Å². The van der Waals surface area contributed by atoms with Crippen LogP contribution in [0, 0.1) is 0 Å². The normalized spacial score (nSPS) is 14.2. The number of hydrogen-bond acceptors (Lipinski definition) is 5. The molecular formula is C20H22N2O5S. The fourth-order valence-electron chi connectivity index (χ4n) is 3.02. The molecule has 8 heteroatoms. The van der Waals surface area contributed by atoms with Gasteiger partial charge in [0.05, 0.1) is 4.90 Å². The summed E-state index contributed by atoms with van der Waals surface area (Å²) in [6.07, 6.45) is 2.10. The Balaban J connectivity index is 1.50. The summed E-state index contributed by atoms with van der Waals surface area (Å²) < 4.78 is 31.4. The summed E-state index contributed by atoms with van der Waals surface area (Å²) >= 11 is 0. The molecule has 0 heterocycles. The van der Waals surface area contributed by atoms with Crippen molar-refractivity contribution in [3.05, 3.63) is 59.7 Å². The van der Waals surface area contributed by atoms with Gasteiger partial charge in [0.1, 0.15) is 6.54 Å². The minimum absolute atomic E-state index is 0.0465. The standard InChI is InChI=1S/C20H22N2O5S/c1-14(20(24)22-17-11-10-15-6-5-7-16(15)12-17)27-19(23)13-21-28(25,26)18-8-3-2-4-9-18/h2-4,8-12,14,21H,5-7,13H2,1H3,(H,22,24)/t14-/m0/s1. The molecule has 0 unspecified atom stereocenters. The first-order chi connectivity index (χ1) is 13.3. The second-order valence-corrected chi connectivity index (χ2v) is 8.36. The van der Waals surface area contributed by atoms with Crippen LogP contribution < -0.4 is 10.0 Å². The van der Waals surface area contributed by atoms with Crippen LogP contribution in [0.2, 0.25) is 0 Å². The zero-order valence-corrected chi connectivity index (χ0v) is 16.3. The van der Waals surface area contributed by atoms with E-state index >= 15 is 0 Å². The van der Waals surface area contributed by atoms with Crippen LogP contribution in [0.15, 0.2) is 53.4 Å². The molecule has 2 N–H and O–H groups in total. The highest BCUT2D eigenvalue weighted by molar-refractivity contribution is 7.89. The molecule has 3 rings (SSSR count). The van der Waals surface area contributed by atoms with Gasteiger partial charge < -0.3 is 10.1 Å². The zero-order chi connectivity index (χ0) is 20.1. The molecule has 1 aliphatic carbocycles. The van der Waals surface area contributed by atoms with Crippen molar-refractivity contribution in [1.29, 1.82) is 0 Å². The van der Waals surface area contributed by atoms with Crippen LogP contribution in [0.3, 0.4) is 0 Å². The summed E-state index contributed by atoms with van der Waals surface area (Å²) in [6, 6.07) is 13.4. The van der Waals surface area contributed by atoms with E-state index in [2.05, 4.69) is 10.0 Å². The van der Waals surface area contributed by atoms with Gasteiger partial charge in [-0.05, 0) is 61.6 Å². The monoisotopic (exact) mass is 402 g/mol. The number of ether oxygens (including phenoxy) is 1. The first-order valence-electron chi connectivity index (χ1n) is 9.02. The molecule has 1 aliphatic rings. The number of rotatable bonds is 7. The number of sulfonamides is 1. The summed E-state index contributed by atoms with van der Waals surface area (Å²) in [7, 11) is -3.82. The van der Waals surface area contributed by atoms with Gasteiger partial charge in [0, 0.05) is 5.69 Å². The summed E-state index contributed by atoms with van der Waals surface area (Å²) in [4.78, 5) is 24.2. The molecule has 1 amide bonds. The summed E-state index contributed by atoms with van der Waals surface area (Å²) in [5.41, 5.74) is 3.17. The lowest BCUT2D eigenvalue weighted by molar-refractivity contribution is -0.151. The number of hydrogen-bond donors (Lipinski definition) is 2. The summed E-state index contributed by atoms with van der Waals surface area (Å²) in [5, 5.41) is 2.72. The molecule has 0 fully saturated rings. The maximum Gasteiger partial charge on any atom is 0.321 e. The molecule has 0 aromatic heterocycles. The van der Waals surface area contributed by atoms with Gasteiger partial charge in [0.15, 0.2) is 6.10 Å². The number of nitrogens with one attached hydrogen (secondary N) is 2. The molecule has 7 nitrogen and oxygen atoms in total. The molecule has 0 saturated heterocycles. The van der Waals surface area contributed by atoms with Gasteiger partial charge in [-0.1, -0.05) is 24.3 Å². The SMILES string of the molecule is C[C@H](OC(=O)CNS(=O)(=O)c1ccccc1)C(=O)Nc1ccc2c(c1)CCC2. The van der Waals surface area contributed by atoms with Gasteiger partial charge in [-0.2, -0.15) is 4.72 Å². The van der Waals surface area contributed by atoms with E-state index in [1.165, 1.54) is 30.2 Å². The molecule has 28 heavy (non-hydrogen) atoms. The summed E-state index contributed by atoms with van der Waals surface area (Å²) in [6.45, 7) is 0.875. The average molecular weight is 402 g/mol. The highest BCUT2D eigenvalue weighted by atomic mass is 32.2. The molecule has 2 aromatic carbocycles. The second kappa shape index (κ2) is 8.53. The average Bonchev–Trinajstić information content (AvgIpc) is 3.15. The first kappa shape index (κ1) is 20.0. The first-order valence-corrected chi connectivity index (χ1v) is 10.5. The van der Waals surface area contributed by atoms with Crippen molar-refractivity contribution in [2.75, 3.05) is 11.9 Å². The van der Waals surface area contributed by atoms with Gasteiger partial charge in [-0.3, -0.25) is 9.59 Å². The Kier molecular flexibility index (Phi) is 6.11. The zero-order valence-electron chi connectivity index (χ0n) is 15.5. The quantitative estimate of drug-likeness (QED) is 0.690. The lowest BCUT2D eigenvalue weighted by Gasteiger charge is -2.14. The van der Waals surface area contributed by atoms with Crippen LogP contribution in [-0.4, -0.2) is 32.9 Å². The topological polar surface area (TPSA) is 102 Å². The molecule has 0 bridgehead atoms. The largest absolute Gasteiger partial charge is 0.452 e.